The summed E-state index contributed by atoms with van der Waals surface area (Å²) < 4.78 is 31.9. The van der Waals surface area contributed by atoms with Crippen LogP contribution in [0.25, 0.3) is 10.8 Å². The van der Waals surface area contributed by atoms with Crippen LogP contribution in [0.2, 0.25) is 0 Å². The first-order chi connectivity index (χ1) is 14.5. The molecule has 1 aliphatic rings. The number of hydrogen-bond acceptors (Lipinski definition) is 6. The minimum Gasteiger partial charge on any atom is -0.379 e. The molecular weight excluding hydrogens is 422 g/mol. The van der Waals surface area contributed by atoms with Crippen molar-refractivity contribution in [2.75, 3.05) is 37.4 Å². The lowest BCUT2D eigenvalue weighted by atomic mass is 10.1. The number of benzene rings is 2. The second kappa shape index (κ2) is 9.13. The Kier molecular flexibility index (Phi) is 6.33. The SMILES string of the molecule is O=C(CSc1ccc(S(=O)(=O)N2CCOCC2)cn1)Nc1cccc2ccccc12. The number of ether oxygens (including phenoxy) is 1. The minimum atomic E-state index is -3.57. The van der Waals surface area contributed by atoms with Gasteiger partial charge in [0.2, 0.25) is 15.9 Å². The van der Waals surface area contributed by atoms with E-state index in [1.54, 1.807) is 6.07 Å². The Morgan fingerprint density at radius 2 is 1.83 bits per heavy atom. The maximum absolute atomic E-state index is 12.6. The van der Waals surface area contributed by atoms with E-state index in [1.165, 1.54) is 28.3 Å². The molecule has 1 aromatic heterocycles. The maximum atomic E-state index is 12.6. The van der Waals surface area contributed by atoms with Crippen LogP contribution < -0.4 is 5.32 Å². The Labute approximate surface area is 179 Å². The molecule has 1 N–H and O–H groups in total. The molecule has 9 heteroatoms. The van der Waals surface area contributed by atoms with E-state index in [4.69, 9.17) is 4.74 Å². The molecule has 0 atom stereocenters. The number of rotatable bonds is 6. The third kappa shape index (κ3) is 4.65. The molecule has 156 valence electrons. The lowest BCUT2D eigenvalue weighted by Gasteiger charge is -2.25. The van der Waals surface area contributed by atoms with Gasteiger partial charge in [-0.2, -0.15) is 4.31 Å². The molecule has 2 heterocycles. The van der Waals surface area contributed by atoms with Gasteiger partial charge in [-0.05, 0) is 23.6 Å². The molecule has 2 aromatic carbocycles. The van der Waals surface area contributed by atoms with E-state index < -0.39 is 10.0 Å². The average Bonchev–Trinajstić information content (AvgIpc) is 2.79. The fourth-order valence-corrected chi connectivity index (χ4v) is 5.20. The summed E-state index contributed by atoms with van der Waals surface area (Å²) >= 11 is 1.26. The summed E-state index contributed by atoms with van der Waals surface area (Å²) in [7, 11) is -3.57. The fraction of sp³-hybridized carbons (Fsp3) is 0.238. The fourth-order valence-electron chi connectivity index (χ4n) is 3.20. The number of carbonyl (C=O) groups is 1. The summed E-state index contributed by atoms with van der Waals surface area (Å²) in [6.45, 7) is 1.47. The molecule has 0 bridgehead atoms. The van der Waals surface area contributed by atoms with E-state index in [-0.39, 0.29) is 16.6 Å². The number of morpholine rings is 1. The van der Waals surface area contributed by atoms with Crippen LogP contribution in [0.5, 0.6) is 0 Å². The van der Waals surface area contributed by atoms with Crippen molar-refractivity contribution in [3.63, 3.8) is 0 Å². The number of aromatic nitrogens is 1. The smallest absolute Gasteiger partial charge is 0.244 e. The van der Waals surface area contributed by atoms with Gasteiger partial charge in [0.25, 0.3) is 0 Å². The molecule has 1 aliphatic heterocycles. The Morgan fingerprint density at radius 3 is 2.60 bits per heavy atom. The molecule has 1 amide bonds. The van der Waals surface area contributed by atoms with Crippen LogP contribution in [0.4, 0.5) is 5.69 Å². The number of anilines is 1. The highest BCUT2D eigenvalue weighted by Gasteiger charge is 2.26. The van der Waals surface area contributed by atoms with Gasteiger partial charge in [-0.3, -0.25) is 4.79 Å². The summed E-state index contributed by atoms with van der Waals surface area (Å²) in [6, 6.07) is 16.8. The van der Waals surface area contributed by atoms with E-state index in [1.807, 2.05) is 42.5 Å². The molecule has 0 aliphatic carbocycles. The van der Waals surface area contributed by atoms with Crippen molar-refractivity contribution in [1.29, 1.82) is 0 Å². The summed E-state index contributed by atoms with van der Waals surface area (Å²) in [4.78, 5) is 16.7. The summed E-state index contributed by atoms with van der Waals surface area (Å²) in [5, 5.41) is 5.56. The molecule has 4 rings (SSSR count). The quantitative estimate of drug-likeness (QED) is 0.589. The zero-order valence-corrected chi connectivity index (χ0v) is 17.8. The highest BCUT2D eigenvalue weighted by molar-refractivity contribution is 7.99. The van der Waals surface area contributed by atoms with E-state index in [2.05, 4.69) is 10.3 Å². The number of amides is 1. The Morgan fingerprint density at radius 1 is 1.07 bits per heavy atom. The molecule has 7 nitrogen and oxygen atoms in total. The van der Waals surface area contributed by atoms with Crippen molar-refractivity contribution in [3.05, 3.63) is 60.8 Å². The topological polar surface area (TPSA) is 88.6 Å². The number of sulfonamides is 1. The summed E-state index contributed by atoms with van der Waals surface area (Å²) in [5.41, 5.74) is 0.763. The van der Waals surface area contributed by atoms with Crippen molar-refractivity contribution >= 4 is 44.2 Å². The van der Waals surface area contributed by atoms with Crippen molar-refractivity contribution < 1.29 is 17.9 Å². The monoisotopic (exact) mass is 443 g/mol. The number of fused-ring (bicyclic) bond motifs is 1. The van der Waals surface area contributed by atoms with E-state index in [9.17, 15) is 13.2 Å². The van der Waals surface area contributed by atoms with Crippen LogP contribution in [0.3, 0.4) is 0 Å². The number of hydrogen-bond donors (Lipinski definition) is 1. The highest BCUT2D eigenvalue weighted by Crippen LogP contribution is 2.24. The summed E-state index contributed by atoms with van der Waals surface area (Å²) in [6.07, 6.45) is 1.34. The van der Waals surface area contributed by atoms with Gasteiger partial charge in [0.05, 0.1) is 24.0 Å². The molecule has 1 saturated heterocycles. The normalized spacial score (nSPS) is 15.2. The molecule has 30 heavy (non-hydrogen) atoms. The molecular formula is C21H21N3O4S2. The van der Waals surface area contributed by atoms with Crippen LogP contribution in [0.15, 0.2) is 70.7 Å². The minimum absolute atomic E-state index is 0.147. The largest absolute Gasteiger partial charge is 0.379 e. The lowest BCUT2D eigenvalue weighted by molar-refractivity contribution is -0.113. The van der Waals surface area contributed by atoms with Crippen molar-refractivity contribution in [2.24, 2.45) is 0 Å². The standard InChI is InChI=1S/C21H21N3O4S2/c25-20(23-19-7-3-5-16-4-1-2-6-18(16)19)15-29-21-9-8-17(14-22-21)30(26,27)24-10-12-28-13-11-24/h1-9,14H,10-13,15H2,(H,23,25). The average molecular weight is 444 g/mol. The van der Waals surface area contributed by atoms with Crippen molar-refractivity contribution in [2.45, 2.75) is 9.92 Å². The van der Waals surface area contributed by atoms with E-state index >= 15 is 0 Å². The maximum Gasteiger partial charge on any atom is 0.244 e. The van der Waals surface area contributed by atoms with Gasteiger partial charge < -0.3 is 10.1 Å². The third-order valence-corrected chi connectivity index (χ3v) is 7.56. The highest BCUT2D eigenvalue weighted by atomic mass is 32.2. The Balaban J connectivity index is 1.37. The third-order valence-electron chi connectivity index (χ3n) is 4.73. The van der Waals surface area contributed by atoms with Crippen LogP contribution in [-0.4, -0.2) is 55.7 Å². The zero-order chi connectivity index (χ0) is 21.0. The molecule has 0 unspecified atom stereocenters. The predicted molar refractivity (Wildman–Crippen MR) is 117 cm³/mol. The van der Waals surface area contributed by atoms with Gasteiger partial charge >= 0.3 is 0 Å². The van der Waals surface area contributed by atoms with E-state index in [0.717, 1.165) is 16.5 Å². The van der Waals surface area contributed by atoms with Crippen LogP contribution in [0, 0.1) is 0 Å². The first kappa shape index (κ1) is 20.8. The van der Waals surface area contributed by atoms with Crippen LogP contribution >= 0.6 is 11.8 Å². The number of nitrogens with one attached hydrogen (secondary N) is 1. The first-order valence-corrected chi connectivity index (χ1v) is 11.9. The van der Waals surface area contributed by atoms with Crippen LogP contribution in [0.1, 0.15) is 0 Å². The molecule has 0 radical (unpaired) electrons. The van der Waals surface area contributed by atoms with Gasteiger partial charge in [-0.25, -0.2) is 13.4 Å². The van der Waals surface area contributed by atoms with Crippen molar-refractivity contribution in [1.82, 2.24) is 9.29 Å². The predicted octanol–water partition coefficient (Wildman–Crippen LogP) is 2.99. The first-order valence-electron chi connectivity index (χ1n) is 9.48. The van der Waals surface area contributed by atoms with Gasteiger partial charge in [0.1, 0.15) is 4.90 Å². The Bertz CT molecular complexity index is 1140. The second-order valence-electron chi connectivity index (χ2n) is 6.71. The van der Waals surface area contributed by atoms with Gasteiger partial charge in [-0.1, -0.05) is 48.2 Å². The lowest BCUT2D eigenvalue weighted by Crippen LogP contribution is -2.40. The number of thioether (sulfide) groups is 1. The van der Waals surface area contributed by atoms with E-state index in [0.29, 0.717) is 31.3 Å². The van der Waals surface area contributed by atoms with Gasteiger partial charge in [0, 0.05) is 30.4 Å². The molecule has 0 spiro atoms. The van der Waals surface area contributed by atoms with Crippen LogP contribution in [-0.2, 0) is 19.6 Å². The van der Waals surface area contributed by atoms with Gasteiger partial charge in [-0.15, -0.1) is 0 Å². The second-order valence-corrected chi connectivity index (χ2v) is 9.65. The summed E-state index contributed by atoms with van der Waals surface area (Å²) in [5.74, 6) is 0.0226. The number of carbonyl (C=O) groups excluding carboxylic acids is 1. The molecule has 1 fully saturated rings. The zero-order valence-electron chi connectivity index (χ0n) is 16.2. The molecule has 0 saturated carbocycles. The number of nitrogens with zero attached hydrogens (tertiary/aromatic N) is 2. The van der Waals surface area contributed by atoms with Crippen molar-refractivity contribution in [3.8, 4) is 0 Å². The Hall–Kier alpha value is -2.46. The molecule has 3 aromatic rings. The van der Waals surface area contributed by atoms with Gasteiger partial charge in [0.15, 0.2) is 0 Å². The number of pyridine rings is 1.